The van der Waals surface area contributed by atoms with E-state index in [0.29, 0.717) is 31.7 Å². The summed E-state index contributed by atoms with van der Waals surface area (Å²) in [5.41, 5.74) is 4.00. The Hall–Kier alpha value is -4.89. The van der Waals surface area contributed by atoms with E-state index in [4.69, 9.17) is 9.15 Å². The topological polar surface area (TPSA) is 113 Å². The van der Waals surface area contributed by atoms with Crippen molar-refractivity contribution in [2.45, 2.75) is 57.8 Å². The molecule has 9 heteroatoms. The molecule has 0 unspecified atom stereocenters. The fourth-order valence-corrected chi connectivity index (χ4v) is 5.38. The number of carbonyl (C=O) groups excluding carboxylic acids is 3. The lowest BCUT2D eigenvalue weighted by Gasteiger charge is -2.29. The predicted octanol–water partition coefficient (Wildman–Crippen LogP) is 5.59. The van der Waals surface area contributed by atoms with Crippen LogP contribution in [0.2, 0.25) is 0 Å². The molecule has 0 fully saturated rings. The van der Waals surface area contributed by atoms with Gasteiger partial charge in [0.25, 0.3) is 0 Å². The summed E-state index contributed by atoms with van der Waals surface area (Å²) in [7, 11) is 1.51. The van der Waals surface area contributed by atoms with Gasteiger partial charge < -0.3 is 30.0 Å². The number of para-hydroxylation sites is 2. The van der Waals surface area contributed by atoms with Crippen molar-refractivity contribution in [3.63, 3.8) is 0 Å². The zero-order valence-corrected chi connectivity index (χ0v) is 25.3. The van der Waals surface area contributed by atoms with E-state index in [1.54, 1.807) is 17.2 Å². The molecule has 9 nitrogen and oxygen atoms in total. The van der Waals surface area contributed by atoms with Gasteiger partial charge in [0, 0.05) is 30.3 Å². The molecule has 2 heterocycles. The van der Waals surface area contributed by atoms with Gasteiger partial charge in [0.05, 0.1) is 19.4 Å². The number of aryl methyl sites for hydroxylation is 1. The predicted molar refractivity (Wildman–Crippen MR) is 169 cm³/mol. The van der Waals surface area contributed by atoms with E-state index < -0.39 is 17.7 Å². The molecule has 1 atom stereocenters. The van der Waals surface area contributed by atoms with E-state index in [1.165, 1.54) is 7.05 Å². The van der Waals surface area contributed by atoms with Crippen molar-refractivity contribution in [3.05, 3.63) is 108 Å². The molecule has 1 aliphatic heterocycles. The molecular formula is C35H38N4O5. The van der Waals surface area contributed by atoms with Gasteiger partial charge in [-0.2, -0.15) is 0 Å². The van der Waals surface area contributed by atoms with Crippen LogP contribution in [-0.2, 0) is 29.1 Å². The summed E-state index contributed by atoms with van der Waals surface area (Å²) in [6.07, 6.45) is 2.47. The van der Waals surface area contributed by atoms with Crippen LogP contribution in [0.4, 0.5) is 10.5 Å². The van der Waals surface area contributed by atoms with E-state index in [1.807, 2.05) is 92.7 Å². The van der Waals surface area contributed by atoms with Crippen LogP contribution in [0.15, 0.2) is 95.6 Å². The van der Waals surface area contributed by atoms with Crippen molar-refractivity contribution >= 4 is 23.6 Å². The molecule has 0 saturated heterocycles. The third-order valence-corrected chi connectivity index (χ3v) is 7.71. The van der Waals surface area contributed by atoms with Crippen LogP contribution in [0.3, 0.4) is 0 Å². The normalized spacial score (nSPS) is 14.8. The Morgan fingerprint density at radius 2 is 1.73 bits per heavy atom. The van der Waals surface area contributed by atoms with Crippen molar-refractivity contribution in [1.29, 1.82) is 0 Å². The highest BCUT2D eigenvalue weighted by molar-refractivity contribution is 6.00. The minimum Gasteiger partial charge on any atom is -0.468 e. The van der Waals surface area contributed by atoms with E-state index in [-0.39, 0.29) is 18.2 Å². The van der Waals surface area contributed by atoms with Gasteiger partial charge >= 0.3 is 6.09 Å². The number of ether oxygens (including phenoxy) is 1. The summed E-state index contributed by atoms with van der Waals surface area (Å²) in [5, 5.41) is 8.86. The van der Waals surface area contributed by atoms with Crippen molar-refractivity contribution in [2.24, 2.45) is 0 Å². The summed E-state index contributed by atoms with van der Waals surface area (Å²) in [6.45, 7) is 4.76. The highest BCUT2D eigenvalue weighted by Gasteiger charge is 2.32. The summed E-state index contributed by atoms with van der Waals surface area (Å²) < 4.78 is 10.8. The summed E-state index contributed by atoms with van der Waals surface area (Å²) in [4.78, 5) is 40.8. The zero-order valence-electron chi connectivity index (χ0n) is 25.3. The quantitative estimate of drug-likeness (QED) is 0.221. The third-order valence-electron chi connectivity index (χ3n) is 7.71. The molecule has 3 aromatic carbocycles. The Bertz CT molecular complexity index is 1600. The lowest BCUT2D eigenvalue weighted by molar-refractivity contribution is -0.128. The number of hydrogen-bond donors (Lipinski definition) is 3. The fourth-order valence-electron chi connectivity index (χ4n) is 5.38. The van der Waals surface area contributed by atoms with Crippen LogP contribution in [0.1, 0.15) is 43.6 Å². The van der Waals surface area contributed by atoms with Crippen molar-refractivity contribution < 1.29 is 23.5 Å². The van der Waals surface area contributed by atoms with Crippen LogP contribution in [0, 0.1) is 0 Å². The van der Waals surface area contributed by atoms with Crippen molar-refractivity contribution in [3.8, 4) is 16.9 Å². The van der Waals surface area contributed by atoms with Gasteiger partial charge in [0.15, 0.2) is 0 Å². The second-order valence-corrected chi connectivity index (χ2v) is 11.5. The molecule has 0 aliphatic carbocycles. The van der Waals surface area contributed by atoms with Gasteiger partial charge in [-0.15, -0.1) is 0 Å². The maximum atomic E-state index is 14.0. The molecule has 0 bridgehead atoms. The van der Waals surface area contributed by atoms with Crippen molar-refractivity contribution in [2.75, 3.05) is 11.9 Å². The number of anilines is 1. The number of hydrogen-bond acceptors (Lipinski definition) is 6. The van der Waals surface area contributed by atoms with Crippen LogP contribution >= 0.6 is 0 Å². The maximum Gasteiger partial charge on any atom is 0.412 e. The number of nitrogens with zero attached hydrogens (tertiary/aromatic N) is 1. The lowest BCUT2D eigenvalue weighted by atomic mass is 9.99. The second-order valence-electron chi connectivity index (χ2n) is 11.5. The molecule has 1 aliphatic rings. The highest BCUT2D eigenvalue weighted by atomic mass is 16.6. The monoisotopic (exact) mass is 594 g/mol. The van der Waals surface area contributed by atoms with Gasteiger partial charge in [-0.05, 0) is 67.6 Å². The molecule has 4 aromatic rings. The smallest absolute Gasteiger partial charge is 0.412 e. The van der Waals surface area contributed by atoms with Gasteiger partial charge in [-0.3, -0.25) is 9.59 Å². The van der Waals surface area contributed by atoms with E-state index in [0.717, 1.165) is 33.7 Å². The lowest BCUT2D eigenvalue weighted by Crippen LogP contribution is -2.50. The molecule has 44 heavy (non-hydrogen) atoms. The van der Waals surface area contributed by atoms with Gasteiger partial charge in [-0.25, -0.2) is 4.79 Å². The minimum absolute atomic E-state index is 0.141. The molecule has 0 spiro atoms. The van der Waals surface area contributed by atoms with Crippen LogP contribution < -0.4 is 25.6 Å². The fraction of sp³-hybridized carbons (Fsp3) is 0.286. The molecule has 228 valence electrons. The number of rotatable bonds is 10. The average molecular weight is 595 g/mol. The largest absolute Gasteiger partial charge is 0.468 e. The van der Waals surface area contributed by atoms with Gasteiger partial charge in [0.2, 0.25) is 11.8 Å². The molecule has 3 amide bonds. The number of nitrogens with one attached hydrogen (secondary N) is 3. The highest BCUT2D eigenvalue weighted by Crippen LogP contribution is 2.32. The Morgan fingerprint density at radius 1 is 0.977 bits per heavy atom. The molecular weight excluding hydrogens is 556 g/mol. The summed E-state index contributed by atoms with van der Waals surface area (Å²) >= 11 is 0. The first kappa shape index (κ1) is 30.6. The number of benzene rings is 3. The van der Waals surface area contributed by atoms with Crippen molar-refractivity contribution in [1.82, 2.24) is 16.0 Å². The SMILES string of the molecule is CNC(=O)Oc1ccccc1-c1ccc(CN2C(=O)[C@H](NC(=O)CC(C)(C)NCc3ccco3)CCc3ccccc32)cc1. The summed E-state index contributed by atoms with van der Waals surface area (Å²) in [5.74, 6) is 0.917. The number of amides is 3. The first-order chi connectivity index (χ1) is 21.2. The molecule has 1 aromatic heterocycles. The van der Waals surface area contributed by atoms with Crippen LogP contribution in [0.5, 0.6) is 5.75 Å². The minimum atomic E-state index is -0.649. The Morgan fingerprint density at radius 3 is 2.48 bits per heavy atom. The molecule has 3 N–H and O–H groups in total. The first-order valence-electron chi connectivity index (χ1n) is 14.8. The average Bonchev–Trinajstić information content (AvgIpc) is 3.51. The van der Waals surface area contributed by atoms with Gasteiger partial charge in [0.1, 0.15) is 17.6 Å². The number of furan rings is 1. The number of fused-ring (bicyclic) bond motifs is 1. The Kier molecular flexibility index (Phi) is 9.45. The molecule has 0 saturated carbocycles. The molecule has 5 rings (SSSR count). The van der Waals surface area contributed by atoms with Gasteiger partial charge in [-0.1, -0.05) is 60.7 Å². The zero-order chi connectivity index (χ0) is 31.1. The first-order valence-corrected chi connectivity index (χ1v) is 14.8. The van der Waals surface area contributed by atoms with E-state index in [9.17, 15) is 14.4 Å². The maximum absolute atomic E-state index is 14.0. The molecule has 0 radical (unpaired) electrons. The standard InChI is InChI=1S/C35H38N4O5/c1-35(2,37-22-27-10-8-20-43-27)21-32(40)38-29-19-18-26-9-4-6-12-30(26)39(33(29)41)23-24-14-16-25(17-15-24)28-11-5-7-13-31(28)44-34(42)36-3/h4-17,20,29,37H,18-19,21-23H2,1-3H3,(H,36,42)(H,38,40)/t29-/m1/s1. The van der Waals surface area contributed by atoms with E-state index in [2.05, 4.69) is 16.0 Å². The Balaban J connectivity index is 1.30. The van der Waals surface area contributed by atoms with E-state index >= 15 is 0 Å². The Labute approximate surface area is 257 Å². The second kappa shape index (κ2) is 13.6. The number of carbonyl (C=O) groups is 3. The summed E-state index contributed by atoms with van der Waals surface area (Å²) in [6, 6.07) is 26.1. The third kappa shape index (κ3) is 7.54. The van der Waals surface area contributed by atoms with Crippen LogP contribution in [-0.4, -0.2) is 36.5 Å². The van der Waals surface area contributed by atoms with Crippen LogP contribution in [0.25, 0.3) is 11.1 Å².